The van der Waals surface area contributed by atoms with Gasteiger partial charge in [-0.3, -0.25) is 19.9 Å². The number of amidine groups is 1. The lowest BCUT2D eigenvalue weighted by Gasteiger charge is -2.27. The monoisotopic (exact) mass is 603 g/mol. The van der Waals surface area contributed by atoms with E-state index in [2.05, 4.69) is 10.3 Å². The largest absolute Gasteiger partial charge is 0.494 e. The van der Waals surface area contributed by atoms with Gasteiger partial charge in [-0.05, 0) is 30.5 Å². The third-order valence-corrected chi connectivity index (χ3v) is 6.50. The Morgan fingerprint density at radius 2 is 1.95 bits per heavy atom. The zero-order valence-corrected chi connectivity index (χ0v) is 24.7. The van der Waals surface area contributed by atoms with Crippen molar-refractivity contribution in [2.24, 2.45) is 0 Å². The number of nitrogens with one attached hydrogen (secondary N) is 2. The number of pyridine rings is 1. The topological polar surface area (TPSA) is 134 Å². The number of carbonyl (C=O) groups is 3. The molecule has 210 valence electrons. The highest BCUT2D eigenvalue weighted by atomic mass is 79.9. The number of methoxy groups -OCH3 is 1. The highest BCUT2D eigenvalue weighted by Crippen LogP contribution is 2.41. The molecule has 12 heteroatoms. The van der Waals surface area contributed by atoms with Crippen molar-refractivity contribution in [3.8, 4) is 11.5 Å². The van der Waals surface area contributed by atoms with Crippen LogP contribution in [0.25, 0.3) is 0 Å². The Balaban J connectivity index is 0.00000420. The molecule has 2 aromatic rings. The Morgan fingerprint density at radius 1 is 1.23 bits per heavy atom. The van der Waals surface area contributed by atoms with Crippen molar-refractivity contribution in [1.82, 2.24) is 15.2 Å². The number of aromatic nitrogens is 1. The van der Waals surface area contributed by atoms with Crippen LogP contribution in [0.1, 0.15) is 65.4 Å². The van der Waals surface area contributed by atoms with E-state index in [-0.39, 0.29) is 59.4 Å². The molecule has 1 saturated heterocycles. The molecule has 2 aliphatic rings. The van der Waals surface area contributed by atoms with Crippen molar-refractivity contribution < 1.29 is 28.6 Å². The normalized spacial score (nSPS) is 14.5. The highest BCUT2D eigenvalue weighted by molar-refractivity contribution is 8.93. The van der Waals surface area contributed by atoms with Gasteiger partial charge in [0.25, 0.3) is 5.91 Å². The van der Waals surface area contributed by atoms with Gasteiger partial charge >= 0.3 is 6.09 Å². The quantitative estimate of drug-likeness (QED) is 0.436. The Morgan fingerprint density at radius 3 is 2.51 bits per heavy atom. The average molecular weight is 605 g/mol. The van der Waals surface area contributed by atoms with E-state index in [0.717, 1.165) is 5.56 Å². The summed E-state index contributed by atoms with van der Waals surface area (Å²) in [7, 11) is 3.04. The van der Waals surface area contributed by atoms with Gasteiger partial charge in [0.15, 0.2) is 17.2 Å². The van der Waals surface area contributed by atoms with Gasteiger partial charge in [-0.1, -0.05) is 20.8 Å². The lowest BCUT2D eigenvalue weighted by atomic mass is 9.84. The predicted molar refractivity (Wildman–Crippen MR) is 151 cm³/mol. The van der Waals surface area contributed by atoms with E-state index in [4.69, 9.17) is 19.6 Å². The molecule has 1 aromatic carbocycles. The number of carbonyl (C=O) groups excluding carboxylic acids is 3. The van der Waals surface area contributed by atoms with Crippen LogP contribution < -0.4 is 19.7 Å². The number of fused-ring (bicyclic) bond motifs is 1. The minimum atomic E-state index is -0.493. The van der Waals surface area contributed by atoms with Gasteiger partial charge < -0.3 is 24.4 Å². The van der Waals surface area contributed by atoms with E-state index in [1.807, 2.05) is 27.7 Å². The molecule has 2 N–H and O–H groups in total. The molecule has 4 rings (SSSR count). The summed E-state index contributed by atoms with van der Waals surface area (Å²) < 4.78 is 16.4. The molecule has 1 fully saturated rings. The van der Waals surface area contributed by atoms with E-state index >= 15 is 0 Å². The van der Waals surface area contributed by atoms with Gasteiger partial charge in [-0.25, -0.2) is 9.78 Å². The molecule has 0 bridgehead atoms. The first-order valence-electron chi connectivity index (χ1n) is 12.4. The van der Waals surface area contributed by atoms with Crippen LogP contribution in [0, 0.1) is 5.41 Å². The van der Waals surface area contributed by atoms with Crippen molar-refractivity contribution in [3.05, 3.63) is 46.3 Å². The maximum atomic E-state index is 13.6. The molecule has 2 amide bonds. The maximum absolute atomic E-state index is 13.6. The highest BCUT2D eigenvalue weighted by Gasteiger charge is 2.34. The van der Waals surface area contributed by atoms with Crippen molar-refractivity contribution >= 4 is 46.3 Å². The molecular formula is C27H34BrN5O6. The molecule has 11 nitrogen and oxygen atoms in total. The Bertz CT molecular complexity index is 1320. The fourth-order valence-corrected chi connectivity index (χ4v) is 4.60. The number of anilines is 1. The lowest BCUT2D eigenvalue weighted by molar-refractivity contribution is 0.0949. The number of Topliss-reactive ketones (excluding diaryl/α,β-unsaturated/α-hetero) is 1. The summed E-state index contributed by atoms with van der Waals surface area (Å²) in [6, 6.07) is 5.14. The Kier molecular flexibility index (Phi) is 8.89. The van der Waals surface area contributed by atoms with Crippen LogP contribution in [-0.4, -0.2) is 74.0 Å². The van der Waals surface area contributed by atoms with Crippen LogP contribution in [-0.2, 0) is 16.7 Å². The van der Waals surface area contributed by atoms with Crippen LogP contribution in [0.5, 0.6) is 11.5 Å². The SMILES string of the molecule is Br.CCOc1cc2c(nc1C(=O)NC)C(=N)N(CC(=O)c1cc(N3CCOC3=O)c(OC)c(C(C)(C)C)c1)C2. The molecule has 0 unspecified atom stereocenters. The summed E-state index contributed by atoms with van der Waals surface area (Å²) in [4.78, 5) is 45.8. The number of nitrogens with zero attached hydrogens (tertiary/aromatic N) is 3. The number of amides is 2. The standard InChI is InChI=1S/C27H33N5O6.BrH/c1-7-37-20-12-16-13-31(24(28)21(16)30-22(20)25(34)29-5)14-19(33)15-10-17(27(2,3)4)23(36-6)18(11-15)32-8-9-38-26(32)35;/h10-12,28H,7-9,13-14H2,1-6H3,(H,29,34);1H. The number of halogens is 1. The molecule has 0 atom stereocenters. The summed E-state index contributed by atoms with van der Waals surface area (Å²) in [6.07, 6.45) is -0.493. The van der Waals surface area contributed by atoms with Gasteiger partial charge in [-0.15, -0.1) is 17.0 Å². The second kappa shape index (κ2) is 11.6. The van der Waals surface area contributed by atoms with E-state index in [1.54, 1.807) is 23.1 Å². The van der Waals surface area contributed by atoms with Crippen LogP contribution >= 0.6 is 17.0 Å². The number of rotatable bonds is 8. The van der Waals surface area contributed by atoms with Crippen LogP contribution in [0.15, 0.2) is 18.2 Å². The van der Waals surface area contributed by atoms with Crippen molar-refractivity contribution in [1.29, 1.82) is 5.41 Å². The number of cyclic esters (lactones) is 1. The van der Waals surface area contributed by atoms with Crippen molar-refractivity contribution in [2.75, 3.05) is 45.4 Å². The van der Waals surface area contributed by atoms with Gasteiger partial charge in [0, 0.05) is 30.3 Å². The molecule has 0 radical (unpaired) electrons. The predicted octanol–water partition coefficient (Wildman–Crippen LogP) is 3.70. The Labute approximate surface area is 238 Å². The lowest BCUT2D eigenvalue weighted by Crippen LogP contribution is -2.31. The second-order valence-electron chi connectivity index (χ2n) is 10.1. The van der Waals surface area contributed by atoms with Gasteiger partial charge in [0.05, 0.1) is 32.5 Å². The van der Waals surface area contributed by atoms with Gasteiger partial charge in [-0.2, -0.15) is 0 Å². The summed E-state index contributed by atoms with van der Waals surface area (Å²) in [5.41, 5.74) is 2.39. The summed E-state index contributed by atoms with van der Waals surface area (Å²) in [6.45, 7) is 8.96. The second-order valence-corrected chi connectivity index (χ2v) is 10.1. The first-order chi connectivity index (χ1) is 18.0. The number of benzene rings is 1. The third-order valence-electron chi connectivity index (χ3n) is 6.50. The minimum absolute atomic E-state index is 0. The summed E-state index contributed by atoms with van der Waals surface area (Å²) in [5.74, 6) is 0.248. The van der Waals surface area contributed by atoms with Crippen molar-refractivity contribution in [3.63, 3.8) is 0 Å². The van der Waals surface area contributed by atoms with E-state index in [9.17, 15) is 14.4 Å². The Hall–Kier alpha value is -3.67. The van der Waals surface area contributed by atoms with Crippen molar-refractivity contribution in [2.45, 2.75) is 39.7 Å². The number of ether oxygens (including phenoxy) is 3. The van der Waals surface area contributed by atoms with E-state index < -0.39 is 12.0 Å². The summed E-state index contributed by atoms with van der Waals surface area (Å²) >= 11 is 0. The molecular weight excluding hydrogens is 570 g/mol. The minimum Gasteiger partial charge on any atom is -0.494 e. The molecule has 0 saturated carbocycles. The molecule has 39 heavy (non-hydrogen) atoms. The molecule has 2 aliphatic heterocycles. The van der Waals surface area contributed by atoms with Gasteiger partial charge in [0.1, 0.15) is 23.9 Å². The number of hydrogen-bond acceptors (Lipinski definition) is 8. The third kappa shape index (κ3) is 5.70. The zero-order valence-electron chi connectivity index (χ0n) is 23.0. The first kappa shape index (κ1) is 29.9. The zero-order chi connectivity index (χ0) is 27.8. The molecule has 3 heterocycles. The molecule has 0 spiro atoms. The van der Waals surface area contributed by atoms with Crippen LogP contribution in [0.3, 0.4) is 0 Å². The van der Waals surface area contributed by atoms with E-state index in [1.165, 1.54) is 19.1 Å². The van der Waals surface area contributed by atoms with Gasteiger partial charge in [0.2, 0.25) is 0 Å². The first-order valence-corrected chi connectivity index (χ1v) is 12.4. The number of ketones is 1. The molecule has 0 aliphatic carbocycles. The van der Waals surface area contributed by atoms with Crippen LogP contribution in [0.2, 0.25) is 0 Å². The molecule has 1 aromatic heterocycles. The fourth-order valence-electron chi connectivity index (χ4n) is 4.60. The van der Waals surface area contributed by atoms with Crippen LogP contribution in [0.4, 0.5) is 10.5 Å². The van der Waals surface area contributed by atoms with E-state index in [0.29, 0.717) is 47.2 Å². The number of hydrogen-bond donors (Lipinski definition) is 2. The average Bonchev–Trinajstić information content (AvgIpc) is 3.44. The maximum Gasteiger partial charge on any atom is 0.414 e. The summed E-state index contributed by atoms with van der Waals surface area (Å²) in [5, 5.41) is 11.2. The smallest absolute Gasteiger partial charge is 0.414 e. The fraction of sp³-hybridized carbons (Fsp3) is 0.444.